The third-order valence-corrected chi connectivity index (χ3v) is 4.40. The van der Waals surface area contributed by atoms with Crippen LogP contribution in [0.5, 0.6) is 0 Å². The first-order valence-corrected chi connectivity index (χ1v) is 8.82. The summed E-state index contributed by atoms with van der Waals surface area (Å²) >= 11 is 5.85. The van der Waals surface area contributed by atoms with Gasteiger partial charge in [0.05, 0.1) is 12.6 Å². The molecule has 0 saturated carbocycles. The van der Waals surface area contributed by atoms with Gasteiger partial charge in [0.25, 0.3) is 0 Å². The fraction of sp³-hybridized carbons (Fsp3) is 0.300. The summed E-state index contributed by atoms with van der Waals surface area (Å²) in [5.41, 5.74) is 2.84. The zero-order valence-corrected chi connectivity index (χ0v) is 16.0. The van der Waals surface area contributed by atoms with Crippen LogP contribution in [0, 0.1) is 6.92 Å². The van der Waals surface area contributed by atoms with Crippen LogP contribution in [-0.2, 0) is 16.1 Å². The van der Waals surface area contributed by atoms with Gasteiger partial charge in [0, 0.05) is 17.3 Å². The van der Waals surface area contributed by atoms with Gasteiger partial charge >= 0.3 is 0 Å². The predicted molar refractivity (Wildman–Crippen MR) is 105 cm³/mol. The van der Waals surface area contributed by atoms with Gasteiger partial charge in [-0.25, -0.2) is 0 Å². The number of halogens is 1. The lowest BCUT2D eigenvalue weighted by Gasteiger charge is -2.23. The summed E-state index contributed by atoms with van der Waals surface area (Å²) in [6.07, 6.45) is 0. The number of nitrogens with zero attached hydrogens (tertiary/aromatic N) is 1. The quantitative estimate of drug-likeness (QED) is 0.783. The number of likely N-dealkylation sites (N-methyl/N-ethyl adjacent to an activating group) is 1. The van der Waals surface area contributed by atoms with Crippen LogP contribution in [0.2, 0.25) is 5.02 Å². The van der Waals surface area contributed by atoms with Crippen molar-refractivity contribution in [2.24, 2.45) is 0 Å². The van der Waals surface area contributed by atoms with Crippen molar-refractivity contribution >= 4 is 29.1 Å². The Morgan fingerprint density at radius 3 is 2.31 bits per heavy atom. The monoisotopic (exact) mass is 373 g/mol. The van der Waals surface area contributed by atoms with Gasteiger partial charge in [-0.15, -0.1) is 0 Å². The highest BCUT2D eigenvalue weighted by Crippen LogP contribution is 2.10. The number of hydrogen-bond acceptors (Lipinski definition) is 3. The van der Waals surface area contributed by atoms with Crippen molar-refractivity contribution in [2.45, 2.75) is 26.4 Å². The summed E-state index contributed by atoms with van der Waals surface area (Å²) in [5.74, 6) is -0.292. The minimum Gasteiger partial charge on any atom is -0.351 e. The smallest absolute Gasteiger partial charge is 0.238 e. The van der Waals surface area contributed by atoms with Gasteiger partial charge < -0.3 is 10.6 Å². The molecule has 2 aromatic rings. The molecular formula is C20H24ClN3O2. The predicted octanol–water partition coefficient (Wildman–Crippen LogP) is 3.22. The molecule has 2 aromatic carbocycles. The molecule has 138 valence electrons. The fourth-order valence-electron chi connectivity index (χ4n) is 2.34. The second kappa shape index (κ2) is 9.36. The molecule has 1 unspecified atom stereocenters. The molecule has 0 aromatic heterocycles. The van der Waals surface area contributed by atoms with Gasteiger partial charge in [0.15, 0.2) is 0 Å². The number of carbonyl (C=O) groups excluding carboxylic acids is 2. The Balaban J connectivity index is 1.80. The molecular weight excluding hydrogens is 350 g/mol. The molecule has 0 fully saturated rings. The lowest BCUT2D eigenvalue weighted by atomic mass is 10.2. The topological polar surface area (TPSA) is 61.4 Å². The maximum Gasteiger partial charge on any atom is 0.238 e. The minimum absolute atomic E-state index is 0.128. The van der Waals surface area contributed by atoms with Crippen LogP contribution in [0.1, 0.15) is 18.1 Å². The molecule has 1 atom stereocenters. The van der Waals surface area contributed by atoms with Gasteiger partial charge in [0.1, 0.15) is 0 Å². The van der Waals surface area contributed by atoms with Crippen LogP contribution in [0.3, 0.4) is 0 Å². The molecule has 0 bridgehead atoms. The Morgan fingerprint density at radius 1 is 1.08 bits per heavy atom. The highest BCUT2D eigenvalue weighted by atomic mass is 35.5. The minimum atomic E-state index is -0.425. The number of nitrogens with one attached hydrogen (secondary N) is 2. The van der Waals surface area contributed by atoms with E-state index in [1.165, 1.54) is 0 Å². The van der Waals surface area contributed by atoms with E-state index in [4.69, 9.17) is 11.6 Å². The molecule has 2 amide bonds. The average Bonchev–Trinajstić information content (AvgIpc) is 2.62. The van der Waals surface area contributed by atoms with Crippen molar-refractivity contribution in [1.29, 1.82) is 0 Å². The van der Waals surface area contributed by atoms with E-state index in [1.54, 1.807) is 31.0 Å². The maximum absolute atomic E-state index is 12.3. The number of hydrogen-bond donors (Lipinski definition) is 2. The van der Waals surface area contributed by atoms with Gasteiger partial charge in [0.2, 0.25) is 11.8 Å². The molecule has 2 rings (SSSR count). The van der Waals surface area contributed by atoms with Gasteiger partial charge in [-0.3, -0.25) is 14.5 Å². The van der Waals surface area contributed by atoms with Crippen molar-refractivity contribution in [3.8, 4) is 0 Å². The first kappa shape index (κ1) is 19.9. The molecule has 0 heterocycles. The number of aryl methyl sites for hydroxylation is 1. The van der Waals surface area contributed by atoms with Crippen LogP contribution in [0.15, 0.2) is 48.5 Å². The molecule has 2 N–H and O–H groups in total. The molecule has 0 saturated heterocycles. The highest BCUT2D eigenvalue weighted by Gasteiger charge is 2.19. The van der Waals surface area contributed by atoms with Crippen LogP contribution in [-0.4, -0.2) is 36.3 Å². The lowest BCUT2D eigenvalue weighted by molar-refractivity contribution is -0.126. The van der Waals surface area contributed by atoms with Crippen molar-refractivity contribution in [2.75, 3.05) is 18.9 Å². The molecule has 0 aliphatic heterocycles. The number of anilines is 1. The van der Waals surface area contributed by atoms with E-state index in [0.717, 1.165) is 16.8 Å². The van der Waals surface area contributed by atoms with E-state index >= 15 is 0 Å². The second-order valence-electron chi connectivity index (χ2n) is 6.35. The third-order valence-electron chi connectivity index (χ3n) is 4.15. The molecule has 6 heteroatoms. The van der Waals surface area contributed by atoms with E-state index in [9.17, 15) is 9.59 Å². The number of rotatable bonds is 7. The van der Waals surface area contributed by atoms with Crippen molar-refractivity contribution in [3.05, 3.63) is 64.7 Å². The molecule has 0 radical (unpaired) electrons. The van der Waals surface area contributed by atoms with Crippen LogP contribution in [0.25, 0.3) is 0 Å². The first-order valence-electron chi connectivity index (χ1n) is 8.44. The summed E-state index contributed by atoms with van der Waals surface area (Å²) in [6, 6.07) is 14.5. The zero-order valence-electron chi connectivity index (χ0n) is 15.3. The average molecular weight is 374 g/mol. The van der Waals surface area contributed by atoms with Gasteiger partial charge in [-0.2, -0.15) is 0 Å². The van der Waals surface area contributed by atoms with E-state index in [0.29, 0.717) is 11.6 Å². The first-order chi connectivity index (χ1) is 12.3. The highest BCUT2D eigenvalue weighted by molar-refractivity contribution is 6.30. The standard InChI is InChI=1S/C20H24ClN3O2/c1-14-4-10-18(11-5-14)23-19(25)13-24(3)15(2)20(26)22-12-16-6-8-17(21)9-7-16/h4-11,15H,12-13H2,1-3H3,(H,22,26)(H,23,25). The molecule has 0 aliphatic carbocycles. The summed E-state index contributed by atoms with van der Waals surface area (Å²) in [7, 11) is 1.75. The molecule has 0 spiro atoms. The summed E-state index contributed by atoms with van der Waals surface area (Å²) in [5, 5.41) is 6.36. The Bertz CT molecular complexity index is 745. The van der Waals surface area contributed by atoms with E-state index in [-0.39, 0.29) is 18.4 Å². The fourth-order valence-corrected chi connectivity index (χ4v) is 2.47. The number of carbonyl (C=O) groups is 2. The Labute approximate surface area is 159 Å². The summed E-state index contributed by atoms with van der Waals surface area (Å²) in [6.45, 7) is 4.31. The maximum atomic E-state index is 12.3. The number of amides is 2. The van der Waals surface area contributed by atoms with E-state index < -0.39 is 6.04 Å². The van der Waals surface area contributed by atoms with E-state index in [2.05, 4.69) is 10.6 Å². The van der Waals surface area contributed by atoms with Crippen molar-refractivity contribution in [3.63, 3.8) is 0 Å². The Morgan fingerprint density at radius 2 is 1.69 bits per heavy atom. The second-order valence-corrected chi connectivity index (χ2v) is 6.79. The Hall–Kier alpha value is -2.37. The van der Waals surface area contributed by atoms with Crippen LogP contribution < -0.4 is 10.6 Å². The Kier molecular flexibility index (Phi) is 7.18. The van der Waals surface area contributed by atoms with Crippen LogP contribution >= 0.6 is 11.6 Å². The lowest BCUT2D eigenvalue weighted by Crippen LogP contribution is -2.45. The summed E-state index contributed by atoms with van der Waals surface area (Å²) < 4.78 is 0. The van der Waals surface area contributed by atoms with Gasteiger partial charge in [-0.05, 0) is 50.7 Å². The zero-order chi connectivity index (χ0) is 19.1. The van der Waals surface area contributed by atoms with Gasteiger partial charge in [-0.1, -0.05) is 41.4 Å². The number of benzene rings is 2. The SMILES string of the molecule is Cc1ccc(NC(=O)CN(C)C(C)C(=O)NCc2ccc(Cl)cc2)cc1. The molecule has 5 nitrogen and oxygen atoms in total. The van der Waals surface area contributed by atoms with Crippen LogP contribution in [0.4, 0.5) is 5.69 Å². The molecule has 26 heavy (non-hydrogen) atoms. The summed E-state index contributed by atoms with van der Waals surface area (Å²) in [4.78, 5) is 26.1. The largest absolute Gasteiger partial charge is 0.351 e. The normalized spacial score (nSPS) is 11.9. The third kappa shape index (κ3) is 6.17. The molecule has 0 aliphatic rings. The van der Waals surface area contributed by atoms with Crippen molar-refractivity contribution in [1.82, 2.24) is 10.2 Å². The van der Waals surface area contributed by atoms with Crippen molar-refractivity contribution < 1.29 is 9.59 Å². The van der Waals surface area contributed by atoms with E-state index in [1.807, 2.05) is 43.3 Å².